The van der Waals surface area contributed by atoms with Crippen molar-refractivity contribution in [1.29, 1.82) is 0 Å². The number of amides is 2. The molecule has 2 heterocycles. The van der Waals surface area contributed by atoms with E-state index in [1.807, 2.05) is 37.3 Å². The highest BCUT2D eigenvalue weighted by Gasteiger charge is 2.22. The summed E-state index contributed by atoms with van der Waals surface area (Å²) in [6.45, 7) is 7.38. The van der Waals surface area contributed by atoms with Crippen LogP contribution in [0.5, 0.6) is 11.5 Å². The summed E-state index contributed by atoms with van der Waals surface area (Å²) in [6, 6.07) is 13.0. The number of ether oxygens (including phenoxy) is 4. The molecule has 2 aliphatic heterocycles. The van der Waals surface area contributed by atoms with Crippen molar-refractivity contribution in [2.24, 2.45) is 5.10 Å². The van der Waals surface area contributed by atoms with Gasteiger partial charge in [0.15, 0.2) is 11.5 Å². The largest absolute Gasteiger partial charge is 0.493 e. The molecule has 2 amide bonds. The molecule has 2 aromatic carbocycles. The molecule has 38 heavy (non-hydrogen) atoms. The monoisotopic (exact) mass is 524 g/mol. The van der Waals surface area contributed by atoms with Crippen LogP contribution >= 0.6 is 0 Å². The standard InChI is InChI=1S/C28H36N4O6/c1-3-37-26-19-22(7-11-25(26)35-2)24-10-12-27(33)32(30-24)20-21-5-8-23(9-6-21)29-28(34)38-16-4-13-31-14-17-36-18-15-31/h5-9,11,19H,3-4,10,12-18,20H2,1-2H3,(H,29,34). The van der Waals surface area contributed by atoms with E-state index in [0.717, 1.165) is 56.1 Å². The molecule has 0 atom stereocenters. The molecule has 0 spiro atoms. The number of carbonyl (C=O) groups is 2. The molecule has 1 fully saturated rings. The first-order valence-electron chi connectivity index (χ1n) is 13.1. The first-order chi connectivity index (χ1) is 18.6. The Morgan fingerprint density at radius 2 is 1.87 bits per heavy atom. The predicted octanol–water partition coefficient (Wildman–Crippen LogP) is 3.89. The van der Waals surface area contributed by atoms with Gasteiger partial charge < -0.3 is 18.9 Å². The number of nitrogens with zero attached hydrogens (tertiary/aromatic N) is 3. The highest BCUT2D eigenvalue weighted by Crippen LogP contribution is 2.30. The van der Waals surface area contributed by atoms with Crippen LogP contribution in [0.2, 0.25) is 0 Å². The maximum Gasteiger partial charge on any atom is 0.411 e. The number of methoxy groups -OCH3 is 1. The zero-order chi connectivity index (χ0) is 26.7. The summed E-state index contributed by atoms with van der Waals surface area (Å²) in [5.74, 6) is 1.28. The smallest absolute Gasteiger partial charge is 0.411 e. The molecule has 0 radical (unpaired) electrons. The minimum absolute atomic E-state index is 0.0323. The van der Waals surface area contributed by atoms with Crippen molar-refractivity contribution in [3.05, 3.63) is 53.6 Å². The molecule has 2 aromatic rings. The fourth-order valence-electron chi connectivity index (χ4n) is 4.35. The molecule has 0 aromatic heterocycles. The van der Waals surface area contributed by atoms with Crippen LogP contribution in [0.1, 0.15) is 37.3 Å². The van der Waals surface area contributed by atoms with Crippen molar-refractivity contribution in [1.82, 2.24) is 9.91 Å². The van der Waals surface area contributed by atoms with E-state index < -0.39 is 6.09 Å². The molecule has 0 saturated carbocycles. The summed E-state index contributed by atoms with van der Waals surface area (Å²) >= 11 is 0. The lowest BCUT2D eigenvalue weighted by Crippen LogP contribution is -2.37. The number of nitrogens with one attached hydrogen (secondary N) is 1. The summed E-state index contributed by atoms with van der Waals surface area (Å²) in [4.78, 5) is 27.0. The van der Waals surface area contributed by atoms with Gasteiger partial charge in [-0.3, -0.25) is 15.0 Å². The van der Waals surface area contributed by atoms with Gasteiger partial charge in [-0.2, -0.15) is 5.10 Å². The third-order valence-corrected chi connectivity index (χ3v) is 6.39. The summed E-state index contributed by atoms with van der Waals surface area (Å²) in [5.41, 5.74) is 3.25. The molecular weight excluding hydrogens is 488 g/mol. The molecule has 10 nitrogen and oxygen atoms in total. The van der Waals surface area contributed by atoms with E-state index in [0.29, 0.717) is 49.8 Å². The molecule has 10 heteroatoms. The Labute approximate surface area is 223 Å². The van der Waals surface area contributed by atoms with Gasteiger partial charge in [0, 0.05) is 43.7 Å². The van der Waals surface area contributed by atoms with Gasteiger partial charge in [-0.05, 0) is 49.2 Å². The van der Waals surface area contributed by atoms with E-state index in [1.54, 1.807) is 19.2 Å². The second-order valence-corrected chi connectivity index (χ2v) is 9.06. The van der Waals surface area contributed by atoms with Crippen molar-refractivity contribution in [2.45, 2.75) is 32.7 Å². The summed E-state index contributed by atoms with van der Waals surface area (Å²) in [5, 5.41) is 8.88. The zero-order valence-corrected chi connectivity index (χ0v) is 22.1. The number of hydrazone groups is 1. The van der Waals surface area contributed by atoms with Crippen molar-refractivity contribution >= 4 is 23.4 Å². The second kappa shape index (κ2) is 13.8. The number of hydrogen-bond donors (Lipinski definition) is 1. The SMILES string of the molecule is CCOc1cc(C2=NN(Cc3ccc(NC(=O)OCCCN4CCOCC4)cc3)C(=O)CC2)ccc1OC. The topological polar surface area (TPSA) is 102 Å². The summed E-state index contributed by atoms with van der Waals surface area (Å²) in [6.07, 6.45) is 1.24. The minimum atomic E-state index is -0.480. The summed E-state index contributed by atoms with van der Waals surface area (Å²) in [7, 11) is 1.60. The van der Waals surface area contributed by atoms with Gasteiger partial charge in [0.1, 0.15) is 0 Å². The Morgan fingerprint density at radius 3 is 2.61 bits per heavy atom. The van der Waals surface area contributed by atoms with Gasteiger partial charge in [0.2, 0.25) is 5.91 Å². The minimum Gasteiger partial charge on any atom is -0.493 e. The Balaban J connectivity index is 1.29. The highest BCUT2D eigenvalue weighted by atomic mass is 16.5. The van der Waals surface area contributed by atoms with Crippen molar-refractivity contribution in [2.75, 3.05) is 58.5 Å². The van der Waals surface area contributed by atoms with Crippen molar-refractivity contribution < 1.29 is 28.5 Å². The Kier molecular flexibility index (Phi) is 9.94. The zero-order valence-electron chi connectivity index (χ0n) is 22.1. The summed E-state index contributed by atoms with van der Waals surface area (Å²) < 4.78 is 21.7. The second-order valence-electron chi connectivity index (χ2n) is 9.06. The van der Waals surface area contributed by atoms with E-state index in [9.17, 15) is 9.59 Å². The fourth-order valence-corrected chi connectivity index (χ4v) is 4.35. The van der Waals surface area contributed by atoms with Crippen LogP contribution < -0.4 is 14.8 Å². The average Bonchev–Trinajstić information content (AvgIpc) is 2.94. The van der Waals surface area contributed by atoms with Crippen LogP contribution in [0.15, 0.2) is 47.6 Å². The number of anilines is 1. The molecule has 1 N–H and O–H groups in total. The first kappa shape index (κ1) is 27.4. The molecule has 0 unspecified atom stereocenters. The van der Waals surface area contributed by atoms with Crippen molar-refractivity contribution in [3.63, 3.8) is 0 Å². The predicted molar refractivity (Wildman–Crippen MR) is 144 cm³/mol. The van der Waals surface area contributed by atoms with Crippen LogP contribution in [0.25, 0.3) is 0 Å². The van der Waals surface area contributed by atoms with E-state index in [2.05, 4.69) is 15.3 Å². The van der Waals surface area contributed by atoms with Gasteiger partial charge in [-0.15, -0.1) is 0 Å². The van der Waals surface area contributed by atoms with Gasteiger partial charge in [0.25, 0.3) is 0 Å². The number of morpholine rings is 1. The molecule has 2 aliphatic rings. The van der Waals surface area contributed by atoms with E-state index in [4.69, 9.17) is 18.9 Å². The quantitative estimate of drug-likeness (QED) is 0.445. The molecule has 0 bridgehead atoms. The number of hydrogen-bond acceptors (Lipinski definition) is 8. The third kappa shape index (κ3) is 7.69. The number of carbonyl (C=O) groups excluding carboxylic acids is 2. The normalized spacial score (nSPS) is 16.1. The molecule has 1 saturated heterocycles. The number of rotatable bonds is 11. The third-order valence-electron chi connectivity index (χ3n) is 6.39. The van der Waals surface area contributed by atoms with Crippen LogP contribution in [0.3, 0.4) is 0 Å². The van der Waals surface area contributed by atoms with E-state index >= 15 is 0 Å². The van der Waals surface area contributed by atoms with E-state index in [-0.39, 0.29) is 5.91 Å². The van der Waals surface area contributed by atoms with Gasteiger partial charge >= 0.3 is 6.09 Å². The lowest BCUT2D eigenvalue weighted by atomic mass is 10.0. The maximum absolute atomic E-state index is 12.6. The first-order valence-corrected chi connectivity index (χ1v) is 13.1. The van der Waals surface area contributed by atoms with Gasteiger partial charge in [-0.1, -0.05) is 12.1 Å². The molecule has 0 aliphatic carbocycles. The maximum atomic E-state index is 12.6. The molecular formula is C28H36N4O6. The van der Waals surface area contributed by atoms with Crippen molar-refractivity contribution in [3.8, 4) is 11.5 Å². The van der Waals surface area contributed by atoms with E-state index in [1.165, 1.54) is 5.01 Å². The van der Waals surface area contributed by atoms with Crippen LogP contribution in [-0.4, -0.2) is 80.8 Å². The average molecular weight is 525 g/mol. The lowest BCUT2D eigenvalue weighted by Gasteiger charge is -2.26. The van der Waals surface area contributed by atoms with Crippen LogP contribution in [-0.2, 0) is 20.8 Å². The molecule has 204 valence electrons. The Hall–Kier alpha value is -3.63. The Bertz CT molecular complexity index is 1110. The number of benzene rings is 2. The van der Waals surface area contributed by atoms with Gasteiger partial charge in [0.05, 0.1) is 45.8 Å². The fraction of sp³-hybridized carbons (Fsp3) is 0.464. The van der Waals surface area contributed by atoms with Crippen LogP contribution in [0, 0.1) is 0 Å². The highest BCUT2D eigenvalue weighted by molar-refractivity contribution is 6.04. The Morgan fingerprint density at radius 1 is 1.08 bits per heavy atom. The van der Waals surface area contributed by atoms with Crippen LogP contribution in [0.4, 0.5) is 10.5 Å². The van der Waals surface area contributed by atoms with Gasteiger partial charge in [-0.25, -0.2) is 9.80 Å². The molecule has 4 rings (SSSR count). The lowest BCUT2D eigenvalue weighted by molar-refractivity contribution is -0.132.